The van der Waals surface area contributed by atoms with Crippen LogP contribution in [0, 0.1) is 0 Å². The maximum Gasteiger partial charge on any atom is 0.128 e. The van der Waals surface area contributed by atoms with Crippen LogP contribution in [0.4, 0.5) is 5.69 Å². The Hall–Kier alpha value is -2.22. The predicted molar refractivity (Wildman–Crippen MR) is 100 cm³/mol. The summed E-state index contributed by atoms with van der Waals surface area (Å²) in [5.41, 5.74) is 3.73. The third-order valence-corrected chi connectivity index (χ3v) is 4.09. The van der Waals surface area contributed by atoms with Crippen molar-refractivity contribution in [3.05, 3.63) is 65.7 Å². The lowest BCUT2D eigenvalue weighted by molar-refractivity contribution is 0.414. The molecule has 2 aromatic carbocycles. The summed E-state index contributed by atoms with van der Waals surface area (Å²) in [5, 5.41) is 0. The van der Waals surface area contributed by atoms with Crippen LogP contribution in [0.1, 0.15) is 31.4 Å². The highest BCUT2D eigenvalue weighted by Gasteiger charge is 2.06. The van der Waals surface area contributed by atoms with Gasteiger partial charge in [-0.2, -0.15) is 0 Å². The number of benzene rings is 2. The standard InChI is InChI=1S/C21H27NO/c1-4-22(5-2)20-16-15-19(21(17-20)23-3)14-10-9-13-18-11-7-6-8-12-18/h6-8,10-12,14-17H,4-5,9,13H2,1-3H3/b14-10+. The van der Waals surface area contributed by atoms with Gasteiger partial charge in [0, 0.05) is 30.4 Å². The van der Waals surface area contributed by atoms with E-state index in [9.17, 15) is 0 Å². The van der Waals surface area contributed by atoms with Gasteiger partial charge >= 0.3 is 0 Å². The first-order valence-electron chi connectivity index (χ1n) is 8.42. The molecule has 0 amide bonds. The smallest absolute Gasteiger partial charge is 0.128 e. The Bertz CT molecular complexity index is 615. The Morgan fingerprint density at radius 1 is 1.00 bits per heavy atom. The number of rotatable bonds is 8. The highest BCUT2D eigenvalue weighted by Crippen LogP contribution is 2.26. The van der Waals surface area contributed by atoms with Crippen molar-refractivity contribution < 1.29 is 4.74 Å². The van der Waals surface area contributed by atoms with Crippen LogP contribution in [0.15, 0.2) is 54.6 Å². The van der Waals surface area contributed by atoms with Gasteiger partial charge in [0.2, 0.25) is 0 Å². The van der Waals surface area contributed by atoms with Crippen LogP contribution in [0.3, 0.4) is 0 Å². The van der Waals surface area contributed by atoms with Gasteiger partial charge in [0.05, 0.1) is 7.11 Å². The molecule has 0 spiro atoms. The Balaban J connectivity index is 2.02. The molecule has 0 radical (unpaired) electrons. The van der Waals surface area contributed by atoms with Gasteiger partial charge in [-0.3, -0.25) is 0 Å². The van der Waals surface area contributed by atoms with Crippen molar-refractivity contribution in [2.75, 3.05) is 25.1 Å². The van der Waals surface area contributed by atoms with Crippen LogP contribution in [-0.2, 0) is 6.42 Å². The zero-order valence-corrected chi connectivity index (χ0v) is 14.5. The monoisotopic (exact) mass is 309 g/mol. The number of hydrogen-bond acceptors (Lipinski definition) is 2. The number of anilines is 1. The van der Waals surface area contributed by atoms with Gasteiger partial charge < -0.3 is 9.64 Å². The molecule has 122 valence electrons. The molecule has 0 heterocycles. The van der Waals surface area contributed by atoms with E-state index < -0.39 is 0 Å². The van der Waals surface area contributed by atoms with E-state index in [-0.39, 0.29) is 0 Å². The van der Waals surface area contributed by atoms with E-state index in [0.29, 0.717) is 0 Å². The Morgan fingerprint density at radius 2 is 1.74 bits per heavy atom. The molecule has 2 rings (SSSR count). The SMILES string of the molecule is CCN(CC)c1ccc(/C=C/CCc2ccccc2)c(OC)c1. The van der Waals surface area contributed by atoms with Crippen LogP contribution in [-0.4, -0.2) is 20.2 Å². The lowest BCUT2D eigenvalue weighted by atomic mass is 10.1. The van der Waals surface area contributed by atoms with E-state index in [0.717, 1.165) is 37.2 Å². The molecule has 0 aliphatic heterocycles. The number of methoxy groups -OCH3 is 1. The van der Waals surface area contributed by atoms with Gasteiger partial charge in [-0.15, -0.1) is 0 Å². The first kappa shape index (κ1) is 17.1. The van der Waals surface area contributed by atoms with Gasteiger partial charge in [-0.1, -0.05) is 42.5 Å². The third-order valence-electron chi connectivity index (χ3n) is 4.09. The van der Waals surface area contributed by atoms with Crippen molar-refractivity contribution in [1.82, 2.24) is 0 Å². The average molecular weight is 309 g/mol. The molecule has 2 aromatic rings. The Morgan fingerprint density at radius 3 is 2.39 bits per heavy atom. The van der Waals surface area contributed by atoms with Gasteiger partial charge in [-0.05, 0) is 44.4 Å². The fourth-order valence-corrected chi connectivity index (χ4v) is 2.73. The molecule has 0 aliphatic carbocycles. The van der Waals surface area contributed by atoms with Gasteiger partial charge in [0.15, 0.2) is 0 Å². The van der Waals surface area contributed by atoms with Crippen molar-refractivity contribution in [3.63, 3.8) is 0 Å². The quantitative estimate of drug-likeness (QED) is 0.665. The second-order valence-corrected chi connectivity index (χ2v) is 5.53. The van der Waals surface area contributed by atoms with E-state index in [4.69, 9.17) is 4.74 Å². The van der Waals surface area contributed by atoms with Crippen LogP contribution < -0.4 is 9.64 Å². The van der Waals surface area contributed by atoms with E-state index >= 15 is 0 Å². The largest absolute Gasteiger partial charge is 0.496 e. The third kappa shape index (κ3) is 4.88. The molecule has 0 saturated heterocycles. The molecule has 0 bridgehead atoms. The highest BCUT2D eigenvalue weighted by molar-refractivity contribution is 5.63. The molecule has 0 unspecified atom stereocenters. The molecule has 2 heteroatoms. The van der Waals surface area contributed by atoms with Crippen LogP contribution in [0.2, 0.25) is 0 Å². The van der Waals surface area contributed by atoms with E-state index in [1.165, 1.54) is 11.3 Å². The summed E-state index contributed by atoms with van der Waals surface area (Å²) in [6, 6.07) is 17.0. The molecular weight excluding hydrogens is 282 g/mol. The number of aryl methyl sites for hydroxylation is 1. The summed E-state index contributed by atoms with van der Waals surface area (Å²) in [7, 11) is 1.74. The van der Waals surface area contributed by atoms with E-state index in [1.54, 1.807) is 7.11 Å². The van der Waals surface area contributed by atoms with Crippen LogP contribution >= 0.6 is 0 Å². The summed E-state index contributed by atoms with van der Waals surface area (Å²) in [6.07, 6.45) is 6.48. The summed E-state index contributed by atoms with van der Waals surface area (Å²) < 4.78 is 5.56. The lowest BCUT2D eigenvalue weighted by Gasteiger charge is -2.22. The Kier molecular flexibility index (Phi) is 6.74. The van der Waals surface area contributed by atoms with Crippen LogP contribution in [0.5, 0.6) is 5.75 Å². The number of nitrogens with zero attached hydrogens (tertiary/aromatic N) is 1. The van der Waals surface area contributed by atoms with Crippen LogP contribution in [0.25, 0.3) is 6.08 Å². The summed E-state index contributed by atoms with van der Waals surface area (Å²) in [6.45, 7) is 6.36. The predicted octanol–water partition coefficient (Wildman–Crippen LogP) is 5.19. The minimum absolute atomic E-state index is 0.936. The minimum Gasteiger partial charge on any atom is -0.496 e. The molecule has 0 atom stereocenters. The molecule has 2 nitrogen and oxygen atoms in total. The first-order valence-corrected chi connectivity index (χ1v) is 8.42. The second-order valence-electron chi connectivity index (χ2n) is 5.53. The van der Waals surface area contributed by atoms with Crippen molar-refractivity contribution in [2.24, 2.45) is 0 Å². The molecule has 23 heavy (non-hydrogen) atoms. The summed E-state index contributed by atoms with van der Waals surface area (Å²) >= 11 is 0. The van der Waals surface area contributed by atoms with Crippen molar-refractivity contribution in [1.29, 1.82) is 0 Å². The first-order chi connectivity index (χ1) is 11.3. The van der Waals surface area contributed by atoms with Crippen molar-refractivity contribution in [2.45, 2.75) is 26.7 Å². The van der Waals surface area contributed by atoms with Crippen molar-refractivity contribution in [3.8, 4) is 5.75 Å². The van der Waals surface area contributed by atoms with Gasteiger partial charge in [0.1, 0.15) is 5.75 Å². The molecule has 0 aromatic heterocycles. The van der Waals surface area contributed by atoms with Gasteiger partial charge in [-0.25, -0.2) is 0 Å². The lowest BCUT2D eigenvalue weighted by Crippen LogP contribution is -2.21. The topological polar surface area (TPSA) is 12.5 Å². The average Bonchev–Trinajstić information content (AvgIpc) is 2.61. The number of allylic oxidation sites excluding steroid dienone is 1. The number of ether oxygens (including phenoxy) is 1. The molecule has 0 aliphatic rings. The normalized spacial score (nSPS) is 10.9. The summed E-state index contributed by atoms with van der Waals surface area (Å²) in [5.74, 6) is 0.936. The van der Waals surface area contributed by atoms with Crippen molar-refractivity contribution >= 4 is 11.8 Å². The zero-order valence-electron chi connectivity index (χ0n) is 14.5. The molecule has 0 saturated carbocycles. The fourth-order valence-electron chi connectivity index (χ4n) is 2.73. The maximum absolute atomic E-state index is 5.56. The summed E-state index contributed by atoms with van der Waals surface area (Å²) in [4.78, 5) is 2.32. The number of hydrogen-bond donors (Lipinski definition) is 0. The second kappa shape index (κ2) is 9.04. The fraction of sp³-hybridized carbons (Fsp3) is 0.333. The Labute approximate surface area is 140 Å². The van der Waals surface area contributed by atoms with Gasteiger partial charge in [0.25, 0.3) is 0 Å². The molecular formula is C21H27NO. The molecule has 0 N–H and O–H groups in total. The maximum atomic E-state index is 5.56. The zero-order chi connectivity index (χ0) is 16.5. The van der Waals surface area contributed by atoms with E-state index in [2.05, 4.69) is 79.4 Å². The molecule has 0 fully saturated rings. The minimum atomic E-state index is 0.936. The highest BCUT2D eigenvalue weighted by atomic mass is 16.5. The van der Waals surface area contributed by atoms with E-state index in [1.807, 2.05) is 0 Å².